The molecule has 0 atom stereocenters. The molecule has 0 spiro atoms. The van der Waals surface area contributed by atoms with E-state index in [2.05, 4.69) is 219 Å². The van der Waals surface area contributed by atoms with Crippen LogP contribution in [0.2, 0.25) is 0 Å². The van der Waals surface area contributed by atoms with Crippen LogP contribution in [0.1, 0.15) is 25.0 Å². The van der Waals surface area contributed by atoms with Gasteiger partial charge in [-0.3, -0.25) is 0 Å². The zero-order valence-corrected chi connectivity index (χ0v) is 30.5. The van der Waals surface area contributed by atoms with Crippen molar-refractivity contribution in [2.24, 2.45) is 0 Å². The second-order valence-electron chi connectivity index (χ2n) is 15.0. The lowest BCUT2D eigenvalue weighted by atomic mass is 9.82. The molecule has 0 aromatic heterocycles. The largest absolute Gasteiger partial charge is 0.311 e. The van der Waals surface area contributed by atoms with Crippen molar-refractivity contribution < 1.29 is 0 Å². The Labute approximate surface area is 317 Å². The first-order chi connectivity index (χ1) is 26.5. The summed E-state index contributed by atoms with van der Waals surface area (Å²) in [5, 5.41) is 5.02. The number of rotatable bonds is 6. The van der Waals surface area contributed by atoms with Gasteiger partial charge in [-0.25, -0.2) is 0 Å². The lowest BCUT2D eigenvalue weighted by molar-refractivity contribution is 0.660. The van der Waals surface area contributed by atoms with Crippen molar-refractivity contribution in [3.8, 4) is 44.5 Å². The van der Waals surface area contributed by atoms with E-state index in [1.165, 1.54) is 77.2 Å². The van der Waals surface area contributed by atoms with Gasteiger partial charge >= 0.3 is 0 Å². The van der Waals surface area contributed by atoms with Gasteiger partial charge in [-0.05, 0) is 126 Å². The summed E-state index contributed by atoms with van der Waals surface area (Å²) in [6.45, 7) is 4.69. The summed E-state index contributed by atoms with van der Waals surface area (Å²) in [5.74, 6) is 0. The molecule has 1 aliphatic rings. The first kappa shape index (κ1) is 32.0. The Hall–Kier alpha value is -6.70. The molecule has 0 bridgehead atoms. The quantitative estimate of drug-likeness (QED) is 0.168. The Bertz CT molecular complexity index is 2700. The van der Waals surface area contributed by atoms with E-state index in [9.17, 15) is 0 Å². The molecule has 0 saturated heterocycles. The van der Waals surface area contributed by atoms with Crippen molar-refractivity contribution in [1.29, 1.82) is 0 Å². The molecule has 0 N–H and O–H groups in total. The maximum atomic E-state index is 2.37. The monoisotopic (exact) mass is 689 g/mol. The highest BCUT2D eigenvalue weighted by Gasteiger charge is 2.36. The standard InChI is InChI=1S/C53H39N/c1-53(2)50-16-8-7-14-49(50)52-48(15-9-17-51(52)53)40-26-32-47(33-27-40)54(45-28-22-38(23-29-45)43-20-18-36-10-3-5-12-41(36)34-43)46-30-24-39(25-31-46)44-21-19-37-11-4-6-13-42(37)35-44/h3-35H,1-2H3. The molecule has 0 radical (unpaired) electrons. The van der Waals surface area contributed by atoms with Crippen LogP contribution in [0.5, 0.6) is 0 Å². The summed E-state index contributed by atoms with van der Waals surface area (Å²) >= 11 is 0. The molecule has 0 amide bonds. The average Bonchev–Trinajstić information content (AvgIpc) is 3.47. The normalized spacial score (nSPS) is 12.8. The number of hydrogen-bond donors (Lipinski definition) is 0. The van der Waals surface area contributed by atoms with Gasteiger partial charge in [0.15, 0.2) is 0 Å². The third-order valence-corrected chi connectivity index (χ3v) is 11.5. The molecule has 9 aromatic carbocycles. The van der Waals surface area contributed by atoms with Gasteiger partial charge in [-0.15, -0.1) is 0 Å². The van der Waals surface area contributed by atoms with Crippen molar-refractivity contribution in [3.05, 3.63) is 211 Å². The Balaban J connectivity index is 1.04. The minimum atomic E-state index is -0.0311. The summed E-state index contributed by atoms with van der Waals surface area (Å²) in [6, 6.07) is 73.4. The molecule has 0 heterocycles. The zero-order valence-electron chi connectivity index (χ0n) is 30.5. The van der Waals surface area contributed by atoms with Gasteiger partial charge in [-0.1, -0.05) is 166 Å². The second kappa shape index (κ2) is 12.8. The lowest BCUT2D eigenvalue weighted by Gasteiger charge is -2.26. The zero-order chi connectivity index (χ0) is 36.2. The van der Waals surface area contributed by atoms with Gasteiger partial charge in [-0.2, -0.15) is 0 Å². The lowest BCUT2D eigenvalue weighted by Crippen LogP contribution is -2.14. The molecular weight excluding hydrogens is 651 g/mol. The van der Waals surface area contributed by atoms with Crippen LogP contribution in [-0.2, 0) is 5.41 Å². The van der Waals surface area contributed by atoms with Crippen molar-refractivity contribution >= 4 is 38.6 Å². The van der Waals surface area contributed by atoms with Gasteiger partial charge in [0.2, 0.25) is 0 Å². The highest BCUT2D eigenvalue weighted by atomic mass is 15.1. The predicted molar refractivity (Wildman–Crippen MR) is 230 cm³/mol. The molecule has 0 aliphatic heterocycles. The van der Waals surface area contributed by atoms with Crippen LogP contribution >= 0.6 is 0 Å². The predicted octanol–water partition coefficient (Wildman–Crippen LogP) is 14.8. The molecule has 10 rings (SSSR count). The number of hydrogen-bond acceptors (Lipinski definition) is 1. The van der Waals surface area contributed by atoms with E-state index in [0.717, 1.165) is 17.1 Å². The first-order valence-electron chi connectivity index (χ1n) is 18.8. The molecule has 1 heteroatoms. The number of benzene rings is 9. The SMILES string of the molecule is CC1(C)c2ccccc2-c2c(-c3ccc(N(c4ccc(-c5ccc6ccccc6c5)cc4)c4ccc(-c5ccc6ccccc6c5)cc4)cc3)cccc21. The Kier molecular flexibility index (Phi) is 7.56. The van der Waals surface area contributed by atoms with Crippen LogP contribution in [0.4, 0.5) is 17.1 Å². The van der Waals surface area contributed by atoms with E-state index in [1.807, 2.05) is 0 Å². The van der Waals surface area contributed by atoms with Crippen molar-refractivity contribution in [3.63, 3.8) is 0 Å². The van der Waals surface area contributed by atoms with Crippen molar-refractivity contribution in [2.45, 2.75) is 19.3 Å². The van der Waals surface area contributed by atoms with Gasteiger partial charge in [0.25, 0.3) is 0 Å². The van der Waals surface area contributed by atoms with Gasteiger partial charge in [0, 0.05) is 22.5 Å². The fourth-order valence-corrected chi connectivity index (χ4v) is 8.58. The number of nitrogens with zero attached hydrogens (tertiary/aromatic N) is 1. The molecule has 1 aliphatic carbocycles. The molecule has 9 aromatic rings. The third-order valence-electron chi connectivity index (χ3n) is 11.5. The summed E-state index contributed by atoms with van der Waals surface area (Å²) in [7, 11) is 0. The highest BCUT2D eigenvalue weighted by molar-refractivity contribution is 5.94. The van der Waals surface area contributed by atoms with Gasteiger partial charge < -0.3 is 4.90 Å². The van der Waals surface area contributed by atoms with Crippen LogP contribution in [0.3, 0.4) is 0 Å². The molecule has 0 fully saturated rings. The smallest absolute Gasteiger partial charge is 0.0462 e. The van der Waals surface area contributed by atoms with E-state index < -0.39 is 0 Å². The van der Waals surface area contributed by atoms with E-state index in [4.69, 9.17) is 0 Å². The van der Waals surface area contributed by atoms with Crippen LogP contribution < -0.4 is 4.90 Å². The van der Waals surface area contributed by atoms with Crippen molar-refractivity contribution in [2.75, 3.05) is 4.90 Å². The minimum absolute atomic E-state index is 0.0311. The van der Waals surface area contributed by atoms with Crippen LogP contribution in [0.15, 0.2) is 200 Å². The van der Waals surface area contributed by atoms with E-state index in [0.29, 0.717) is 0 Å². The minimum Gasteiger partial charge on any atom is -0.311 e. The maximum absolute atomic E-state index is 2.37. The van der Waals surface area contributed by atoms with Crippen molar-refractivity contribution in [1.82, 2.24) is 0 Å². The highest BCUT2D eigenvalue weighted by Crippen LogP contribution is 2.52. The van der Waals surface area contributed by atoms with Crippen LogP contribution in [0, 0.1) is 0 Å². The first-order valence-corrected chi connectivity index (χ1v) is 18.8. The molecule has 54 heavy (non-hydrogen) atoms. The third kappa shape index (κ3) is 5.40. The van der Waals surface area contributed by atoms with Gasteiger partial charge in [0.05, 0.1) is 0 Å². The topological polar surface area (TPSA) is 3.24 Å². The fraction of sp³-hybridized carbons (Fsp3) is 0.0566. The summed E-state index contributed by atoms with van der Waals surface area (Å²) in [5.41, 5.74) is 16.1. The summed E-state index contributed by atoms with van der Waals surface area (Å²) in [4.78, 5) is 2.37. The number of fused-ring (bicyclic) bond motifs is 5. The summed E-state index contributed by atoms with van der Waals surface area (Å²) in [6.07, 6.45) is 0. The van der Waals surface area contributed by atoms with Crippen LogP contribution in [0.25, 0.3) is 66.1 Å². The fourth-order valence-electron chi connectivity index (χ4n) is 8.58. The second-order valence-corrected chi connectivity index (χ2v) is 15.0. The van der Waals surface area contributed by atoms with E-state index >= 15 is 0 Å². The van der Waals surface area contributed by atoms with E-state index in [1.54, 1.807) is 0 Å². The Morgan fingerprint density at radius 2 is 0.722 bits per heavy atom. The molecule has 0 saturated carbocycles. The molecule has 256 valence electrons. The Morgan fingerprint density at radius 1 is 0.315 bits per heavy atom. The Morgan fingerprint density at radius 3 is 1.26 bits per heavy atom. The molecular formula is C53H39N. The average molecular weight is 690 g/mol. The molecule has 1 nitrogen and oxygen atoms in total. The van der Waals surface area contributed by atoms with E-state index in [-0.39, 0.29) is 5.41 Å². The van der Waals surface area contributed by atoms with Gasteiger partial charge in [0.1, 0.15) is 0 Å². The summed E-state index contributed by atoms with van der Waals surface area (Å²) < 4.78 is 0. The van der Waals surface area contributed by atoms with Crippen LogP contribution in [-0.4, -0.2) is 0 Å². The maximum Gasteiger partial charge on any atom is 0.0462 e. The molecule has 0 unspecified atom stereocenters. The number of anilines is 3.